The number of carbonyl (C=O) groups excluding carboxylic acids is 1. The smallest absolute Gasteiger partial charge is 0.224 e. The monoisotopic (exact) mass is 286 g/mol. The molecule has 1 saturated heterocycles. The van der Waals surface area contributed by atoms with E-state index in [0.29, 0.717) is 22.5 Å². The number of rotatable bonds is 3. The van der Waals surface area contributed by atoms with Crippen molar-refractivity contribution >= 4 is 29.1 Å². The van der Waals surface area contributed by atoms with Crippen molar-refractivity contribution in [2.24, 2.45) is 0 Å². The molecule has 0 aliphatic carbocycles. The molecular formula is C13H16Cl2N2O. The summed E-state index contributed by atoms with van der Waals surface area (Å²) in [6.07, 6.45) is 2.33. The topological polar surface area (TPSA) is 41.1 Å². The Morgan fingerprint density at radius 2 is 2.00 bits per heavy atom. The highest BCUT2D eigenvalue weighted by molar-refractivity contribution is 6.42. The van der Waals surface area contributed by atoms with Gasteiger partial charge in [-0.1, -0.05) is 29.3 Å². The highest BCUT2D eigenvalue weighted by Crippen LogP contribution is 2.22. The number of carbonyl (C=O) groups is 1. The lowest BCUT2D eigenvalue weighted by Crippen LogP contribution is -2.43. The molecule has 2 rings (SSSR count). The van der Waals surface area contributed by atoms with Crippen molar-refractivity contribution in [1.82, 2.24) is 10.6 Å². The Labute approximate surface area is 117 Å². The van der Waals surface area contributed by atoms with Crippen LogP contribution in [0.2, 0.25) is 10.0 Å². The van der Waals surface area contributed by atoms with E-state index in [4.69, 9.17) is 23.2 Å². The number of hydrogen-bond acceptors (Lipinski definition) is 2. The van der Waals surface area contributed by atoms with Crippen molar-refractivity contribution in [1.29, 1.82) is 0 Å². The lowest BCUT2D eigenvalue weighted by molar-refractivity contribution is -0.121. The van der Waals surface area contributed by atoms with Crippen LogP contribution in [0.15, 0.2) is 18.2 Å². The Kier molecular flexibility index (Phi) is 4.87. The first-order valence-electron chi connectivity index (χ1n) is 6.09. The summed E-state index contributed by atoms with van der Waals surface area (Å²) in [5.41, 5.74) is 0.885. The van der Waals surface area contributed by atoms with Gasteiger partial charge >= 0.3 is 0 Å². The molecule has 2 N–H and O–H groups in total. The van der Waals surface area contributed by atoms with Crippen LogP contribution in [0.3, 0.4) is 0 Å². The maximum Gasteiger partial charge on any atom is 0.224 e. The molecule has 18 heavy (non-hydrogen) atoms. The van der Waals surface area contributed by atoms with Gasteiger partial charge in [-0.05, 0) is 43.6 Å². The van der Waals surface area contributed by atoms with E-state index in [-0.39, 0.29) is 5.91 Å². The van der Waals surface area contributed by atoms with Crippen LogP contribution in [0, 0.1) is 0 Å². The molecule has 0 radical (unpaired) electrons. The quantitative estimate of drug-likeness (QED) is 0.896. The van der Waals surface area contributed by atoms with Gasteiger partial charge in [0.25, 0.3) is 0 Å². The van der Waals surface area contributed by atoms with Gasteiger partial charge in [0, 0.05) is 6.04 Å². The first kappa shape index (κ1) is 13.7. The fourth-order valence-electron chi connectivity index (χ4n) is 2.08. The van der Waals surface area contributed by atoms with Crippen molar-refractivity contribution in [3.63, 3.8) is 0 Å². The van der Waals surface area contributed by atoms with E-state index >= 15 is 0 Å². The molecule has 0 bridgehead atoms. The molecule has 1 heterocycles. The first-order chi connectivity index (χ1) is 8.65. The van der Waals surface area contributed by atoms with Gasteiger partial charge in [-0.25, -0.2) is 0 Å². The second kappa shape index (κ2) is 6.41. The van der Waals surface area contributed by atoms with Gasteiger partial charge in [0.1, 0.15) is 0 Å². The zero-order chi connectivity index (χ0) is 13.0. The van der Waals surface area contributed by atoms with E-state index < -0.39 is 0 Å². The Morgan fingerprint density at radius 1 is 1.28 bits per heavy atom. The molecule has 1 aromatic carbocycles. The summed E-state index contributed by atoms with van der Waals surface area (Å²) in [5.74, 6) is 0.0419. The molecule has 3 nitrogen and oxygen atoms in total. The number of nitrogens with one attached hydrogen (secondary N) is 2. The van der Waals surface area contributed by atoms with E-state index in [9.17, 15) is 4.79 Å². The lowest BCUT2D eigenvalue weighted by atomic mass is 10.1. The molecule has 5 heteroatoms. The molecule has 1 fully saturated rings. The minimum absolute atomic E-state index is 0.0419. The summed E-state index contributed by atoms with van der Waals surface area (Å²) in [4.78, 5) is 11.9. The van der Waals surface area contributed by atoms with Crippen molar-refractivity contribution in [2.45, 2.75) is 25.3 Å². The fraction of sp³-hybridized carbons (Fsp3) is 0.462. The maximum absolute atomic E-state index is 11.9. The van der Waals surface area contributed by atoms with Crippen molar-refractivity contribution < 1.29 is 4.79 Å². The molecule has 1 aliphatic rings. The van der Waals surface area contributed by atoms with Gasteiger partial charge in [0.05, 0.1) is 16.5 Å². The molecule has 0 atom stereocenters. The van der Waals surface area contributed by atoms with Gasteiger partial charge in [-0.3, -0.25) is 4.79 Å². The van der Waals surface area contributed by atoms with Crippen LogP contribution in [-0.4, -0.2) is 25.0 Å². The van der Waals surface area contributed by atoms with Gasteiger partial charge in [0.15, 0.2) is 0 Å². The molecule has 1 amide bonds. The summed E-state index contributed by atoms with van der Waals surface area (Å²) >= 11 is 11.8. The molecular weight excluding hydrogens is 271 g/mol. The number of hydrogen-bond donors (Lipinski definition) is 2. The average molecular weight is 287 g/mol. The summed E-state index contributed by atoms with van der Waals surface area (Å²) in [7, 11) is 0. The molecule has 0 unspecified atom stereocenters. The Hall–Kier alpha value is -0.770. The number of halogens is 2. The molecule has 0 aromatic heterocycles. The molecule has 0 spiro atoms. The van der Waals surface area contributed by atoms with Crippen LogP contribution in [0.25, 0.3) is 0 Å². The summed E-state index contributed by atoms with van der Waals surface area (Å²) in [6.45, 7) is 1.94. The van der Waals surface area contributed by atoms with Gasteiger partial charge in [-0.2, -0.15) is 0 Å². The summed E-state index contributed by atoms with van der Waals surface area (Å²) in [5, 5.41) is 7.32. The van der Waals surface area contributed by atoms with E-state index in [1.54, 1.807) is 12.1 Å². The van der Waals surface area contributed by atoms with Crippen molar-refractivity contribution in [2.75, 3.05) is 13.1 Å². The van der Waals surface area contributed by atoms with Crippen LogP contribution in [-0.2, 0) is 11.2 Å². The third-order valence-electron chi connectivity index (χ3n) is 3.05. The summed E-state index contributed by atoms with van der Waals surface area (Å²) in [6, 6.07) is 5.58. The van der Waals surface area contributed by atoms with Crippen LogP contribution >= 0.6 is 23.2 Å². The van der Waals surface area contributed by atoms with Gasteiger partial charge in [0.2, 0.25) is 5.91 Å². The predicted octanol–water partition coefficient (Wildman–Crippen LogP) is 2.40. The molecule has 0 saturated carbocycles. The fourth-order valence-corrected chi connectivity index (χ4v) is 2.40. The average Bonchev–Trinajstić information content (AvgIpc) is 2.35. The highest BCUT2D eigenvalue weighted by atomic mass is 35.5. The lowest BCUT2D eigenvalue weighted by Gasteiger charge is -2.23. The van der Waals surface area contributed by atoms with Crippen LogP contribution in [0.1, 0.15) is 18.4 Å². The standard InChI is InChI=1S/C13H16Cl2N2O/c14-11-2-1-9(7-12(11)15)8-13(18)17-10-3-5-16-6-4-10/h1-2,7,10,16H,3-6,8H2,(H,17,18). The van der Waals surface area contributed by atoms with Crippen LogP contribution < -0.4 is 10.6 Å². The van der Waals surface area contributed by atoms with Crippen molar-refractivity contribution in [3.8, 4) is 0 Å². The minimum Gasteiger partial charge on any atom is -0.353 e. The predicted molar refractivity (Wildman–Crippen MR) is 74.2 cm³/mol. The number of benzene rings is 1. The van der Waals surface area contributed by atoms with Gasteiger partial charge in [-0.15, -0.1) is 0 Å². The summed E-state index contributed by atoms with van der Waals surface area (Å²) < 4.78 is 0. The van der Waals surface area contributed by atoms with E-state index in [1.165, 1.54) is 0 Å². The maximum atomic E-state index is 11.9. The Balaban J connectivity index is 1.88. The van der Waals surface area contributed by atoms with Gasteiger partial charge < -0.3 is 10.6 Å². The highest BCUT2D eigenvalue weighted by Gasteiger charge is 2.15. The van der Waals surface area contributed by atoms with E-state index in [1.807, 2.05) is 6.07 Å². The zero-order valence-corrected chi connectivity index (χ0v) is 11.5. The second-order valence-corrected chi connectivity index (χ2v) is 5.33. The number of amides is 1. The minimum atomic E-state index is 0.0419. The van der Waals surface area contributed by atoms with Crippen LogP contribution in [0.5, 0.6) is 0 Å². The van der Waals surface area contributed by atoms with Crippen molar-refractivity contribution in [3.05, 3.63) is 33.8 Å². The molecule has 1 aliphatic heterocycles. The Bertz CT molecular complexity index is 431. The zero-order valence-electron chi connectivity index (χ0n) is 10.0. The number of piperidine rings is 1. The normalized spacial score (nSPS) is 16.6. The van der Waals surface area contributed by atoms with E-state index in [0.717, 1.165) is 31.5 Å². The third-order valence-corrected chi connectivity index (χ3v) is 3.79. The second-order valence-electron chi connectivity index (χ2n) is 4.52. The SMILES string of the molecule is O=C(Cc1ccc(Cl)c(Cl)c1)NC1CCNCC1. The van der Waals surface area contributed by atoms with E-state index in [2.05, 4.69) is 10.6 Å². The molecule has 98 valence electrons. The third kappa shape index (κ3) is 3.87. The largest absolute Gasteiger partial charge is 0.353 e. The molecule has 1 aromatic rings. The van der Waals surface area contributed by atoms with Crippen LogP contribution in [0.4, 0.5) is 0 Å². The Morgan fingerprint density at radius 3 is 2.67 bits per heavy atom. The first-order valence-corrected chi connectivity index (χ1v) is 6.85.